The summed E-state index contributed by atoms with van der Waals surface area (Å²) < 4.78 is 5.18. The first-order chi connectivity index (χ1) is 8.42. The molecule has 2 heterocycles. The third kappa shape index (κ3) is 2.26. The number of nitrogens with one attached hydrogen (secondary N) is 1. The second-order valence-electron chi connectivity index (χ2n) is 4.08. The van der Waals surface area contributed by atoms with Gasteiger partial charge >= 0.3 is 0 Å². The van der Waals surface area contributed by atoms with Crippen LogP contribution in [0.5, 0.6) is 0 Å². The van der Waals surface area contributed by atoms with Crippen LogP contribution >= 0.6 is 0 Å². The van der Waals surface area contributed by atoms with Crippen LogP contribution in [-0.4, -0.2) is 23.2 Å². The van der Waals surface area contributed by atoms with Gasteiger partial charge in [-0.2, -0.15) is 0 Å². The predicted octanol–water partition coefficient (Wildman–Crippen LogP) is 2.33. The standard InChI is InChI=1S/C13H13N3O/c1-3-12(16-13-5-6-14-9-15-13)4-2-10(1)11-7-17-8-11/h1-6,9,11H,7-8H2,(H,14,15,16). The van der Waals surface area contributed by atoms with E-state index in [9.17, 15) is 0 Å². The molecule has 3 rings (SSSR count). The fraction of sp³-hybridized carbons (Fsp3) is 0.231. The van der Waals surface area contributed by atoms with Crippen molar-refractivity contribution in [1.29, 1.82) is 0 Å². The summed E-state index contributed by atoms with van der Waals surface area (Å²) in [7, 11) is 0. The molecule has 0 spiro atoms. The summed E-state index contributed by atoms with van der Waals surface area (Å²) in [6.07, 6.45) is 3.25. The Balaban J connectivity index is 1.72. The van der Waals surface area contributed by atoms with E-state index in [2.05, 4.69) is 39.6 Å². The zero-order chi connectivity index (χ0) is 11.5. The second kappa shape index (κ2) is 4.51. The van der Waals surface area contributed by atoms with Crippen molar-refractivity contribution in [3.05, 3.63) is 48.4 Å². The smallest absolute Gasteiger partial charge is 0.133 e. The molecule has 0 radical (unpaired) electrons. The van der Waals surface area contributed by atoms with E-state index >= 15 is 0 Å². The van der Waals surface area contributed by atoms with E-state index in [1.54, 1.807) is 6.20 Å². The highest BCUT2D eigenvalue weighted by Gasteiger charge is 2.19. The van der Waals surface area contributed by atoms with E-state index in [-0.39, 0.29) is 0 Å². The minimum atomic E-state index is 0.572. The van der Waals surface area contributed by atoms with Crippen molar-refractivity contribution in [3.63, 3.8) is 0 Å². The molecule has 1 fully saturated rings. The Morgan fingerprint density at radius 3 is 2.53 bits per heavy atom. The van der Waals surface area contributed by atoms with Gasteiger partial charge in [-0.05, 0) is 23.8 Å². The highest BCUT2D eigenvalue weighted by molar-refractivity contribution is 5.56. The molecular weight excluding hydrogens is 214 g/mol. The van der Waals surface area contributed by atoms with Crippen molar-refractivity contribution < 1.29 is 4.74 Å². The summed E-state index contributed by atoms with van der Waals surface area (Å²) in [6, 6.07) is 10.2. The third-order valence-electron chi connectivity index (χ3n) is 2.87. The average Bonchev–Trinajstić information content (AvgIpc) is 2.31. The van der Waals surface area contributed by atoms with Gasteiger partial charge in [-0.25, -0.2) is 9.97 Å². The van der Waals surface area contributed by atoms with Crippen molar-refractivity contribution in [2.24, 2.45) is 0 Å². The molecule has 86 valence electrons. The molecule has 2 aromatic rings. The SMILES string of the molecule is c1cc(Nc2ccc(C3COC3)cc2)ncn1. The van der Waals surface area contributed by atoms with Crippen LogP contribution in [0.25, 0.3) is 0 Å². The molecule has 1 aromatic heterocycles. The lowest BCUT2D eigenvalue weighted by Gasteiger charge is -2.26. The predicted molar refractivity (Wildman–Crippen MR) is 65.3 cm³/mol. The molecular formula is C13H13N3O. The first-order valence-electron chi connectivity index (χ1n) is 5.62. The molecule has 0 atom stereocenters. The molecule has 17 heavy (non-hydrogen) atoms. The lowest BCUT2D eigenvalue weighted by atomic mass is 9.97. The Morgan fingerprint density at radius 1 is 1.12 bits per heavy atom. The highest BCUT2D eigenvalue weighted by atomic mass is 16.5. The van der Waals surface area contributed by atoms with Gasteiger partial charge in [0.05, 0.1) is 13.2 Å². The molecule has 0 saturated carbocycles. The summed E-state index contributed by atoms with van der Waals surface area (Å²) in [5, 5.41) is 3.22. The van der Waals surface area contributed by atoms with E-state index in [0.29, 0.717) is 5.92 Å². The first-order valence-corrected chi connectivity index (χ1v) is 5.62. The minimum Gasteiger partial charge on any atom is -0.380 e. The van der Waals surface area contributed by atoms with Crippen molar-refractivity contribution in [2.45, 2.75) is 5.92 Å². The van der Waals surface area contributed by atoms with Gasteiger partial charge in [0.25, 0.3) is 0 Å². The number of nitrogens with zero attached hydrogens (tertiary/aromatic N) is 2. The molecule has 1 N–H and O–H groups in total. The van der Waals surface area contributed by atoms with Gasteiger partial charge < -0.3 is 10.1 Å². The van der Waals surface area contributed by atoms with Crippen LogP contribution in [-0.2, 0) is 4.74 Å². The van der Waals surface area contributed by atoms with Crippen molar-refractivity contribution in [2.75, 3.05) is 18.5 Å². The number of benzene rings is 1. The van der Waals surface area contributed by atoms with Gasteiger partial charge in [0.1, 0.15) is 12.1 Å². The van der Waals surface area contributed by atoms with E-state index in [0.717, 1.165) is 24.7 Å². The van der Waals surface area contributed by atoms with Crippen LogP contribution in [0.1, 0.15) is 11.5 Å². The fourth-order valence-corrected chi connectivity index (χ4v) is 1.78. The fourth-order valence-electron chi connectivity index (χ4n) is 1.78. The molecule has 1 saturated heterocycles. The lowest BCUT2D eigenvalue weighted by Crippen LogP contribution is -2.24. The van der Waals surface area contributed by atoms with Crippen molar-refractivity contribution in [3.8, 4) is 0 Å². The molecule has 0 aliphatic carbocycles. The Bertz CT molecular complexity index is 480. The van der Waals surface area contributed by atoms with Crippen LogP contribution in [0, 0.1) is 0 Å². The molecule has 0 unspecified atom stereocenters. The maximum Gasteiger partial charge on any atom is 0.133 e. The van der Waals surface area contributed by atoms with Gasteiger partial charge in [-0.3, -0.25) is 0 Å². The number of rotatable bonds is 3. The van der Waals surface area contributed by atoms with Crippen LogP contribution in [0.15, 0.2) is 42.9 Å². The Labute approximate surface area is 99.7 Å². The van der Waals surface area contributed by atoms with E-state index < -0.39 is 0 Å². The Morgan fingerprint density at radius 2 is 1.94 bits per heavy atom. The number of anilines is 2. The summed E-state index contributed by atoms with van der Waals surface area (Å²) in [5.74, 6) is 1.38. The summed E-state index contributed by atoms with van der Waals surface area (Å²) in [6.45, 7) is 1.69. The molecule has 0 bridgehead atoms. The van der Waals surface area contributed by atoms with Crippen molar-refractivity contribution in [1.82, 2.24) is 9.97 Å². The summed E-state index contributed by atoms with van der Waals surface area (Å²) in [5.41, 5.74) is 2.37. The van der Waals surface area contributed by atoms with Crippen molar-refractivity contribution >= 4 is 11.5 Å². The van der Waals surface area contributed by atoms with E-state index in [4.69, 9.17) is 4.74 Å². The molecule has 0 amide bonds. The second-order valence-corrected chi connectivity index (χ2v) is 4.08. The normalized spacial score (nSPS) is 15.3. The Kier molecular flexibility index (Phi) is 2.71. The molecule has 1 aromatic carbocycles. The van der Waals surface area contributed by atoms with E-state index in [1.807, 2.05) is 6.07 Å². The minimum absolute atomic E-state index is 0.572. The van der Waals surface area contributed by atoms with Crippen LogP contribution in [0.4, 0.5) is 11.5 Å². The third-order valence-corrected chi connectivity index (χ3v) is 2.87. The number of ether oxygens (including phenoxy) is 1. The maximum atomic E-state index is 5.18. The van der Waals surface area contributed by atoms with Gasteiger partial charge in [0.2, 0.25) is 0 Å². The van der Waals surface area contributed by atoms with E-state index in [1.165, 1.54) is 11.9 Å². The van der Waals surface area contributed by atoms with Gasteiger partial charge in [-0.15, -0.1) is 0 Å². The van der Waals surface area contributed by atoms with Crippen LogP contribution < -0.4 is 5.32 Å². The monoisotopic (exact) mass is 227 g/mol. The zero-order valence-electron chi connectivity index (χ0n) is 9.34. The topological polar surface area (TPSA) is 47.0 Å². The lowest BCUT2D eigenvalue weighted by molar-refractivity contribution is 0.00843. The van der Waals surface area contributed by atoms with Crippen LogP contribution in [0.3, 0.4) is 0 Å². The molecule has 1 aliphatic heterocycles. The maximum absolute atomic E-state index is 5.18. The molecule has 4 heteroatoms. The summed E-state index contributed by atoms with van der Waals surface area (Å²) >= 11 is 0. The average molecular weight is 227 g/mol. The first kappa shape index (κ1) is 10.2. The number of hydrogen-bond donors (Lipinski definition) is 1. The number of hydrogen-bond acceptors (Lipinski definition) is 4. The van der Waals surface area contributed by atoms with Gasteiger partial charge in [0, 0.05) is 17.8 Å². The quantitative estimate of drug-likeness (QED) is 0.874. The zero-order valence-corrected chi connectivity index (χ0v) is 9.34. The molecule has 4 nitrogen and oxygen atoms in total. The van der Waals surface area contributed by atoms with Gasteiger partial charge in [0.15, 0.2) is 0 Å². The molecule has 1 aliphatic rings. The highest BCUT2D eigenvalue weighted by Crippen LogP contribution is 2.25. The van der Waals surface area contributed by atoms with Gasteiger partial charge in [-0.1, -0.05) is 12.1 Å². The summed E-state index contributed by atoms with van der Waals surface area (Å²) in [4.78, 5) is 7.99. The van der Waals surface area contributed by atoms with Crippen LogP contribution in [0.2, 0.25) is 0 Å². The largest absolute Gasteiger partial charge is 0.380 e. The Hall–Kier alpha value is -1.94. The number of aromatic nitrogens is 2.